The van der Waals surface area contributed by atoms with Crippen molar-refractivity contribution in [2.75, 3.05) is 0 Å². The predicted octanol–water partition coefficient (Wildman–Crippen LogP) is 19.3. The molecule has 50 heavy (non-hydrogen) atoms. The SMILES string of the molecule is CCCCCCCCCCCCCCCCCCCCCCCCCC(F)CCCCCCCCCCCCCCCCCCCCCCC. The summed E-state index contributed by atoms with van der Waals surface area (Å²) in [4.78, 5) is 0. The third-order valence-corrected chi connectivity index (χ3v) is 11.7. The van der Waals surface area contributed by atoms with Crippen LogP contribution in [0.5, 0.6) is 0 Å². The van der Waals surface area contributed by atoms with Crippen molar-refractivity contribution in [3.05, 3.63) is 0 Å². The summed E-state index contributed by atoms with van der Waals surface area (Å²) < 4.78 is 14.3. The van der Waals surface area contributed by atoms with Crippen LogP contribution < -0.4 is 0 Å². The molecule has 0 saturated carbocycles. The quantitative estimate of drug-likeness (QED) is 0.0553. The maximum atomic E-state index is 14.3. The number of unbranched alkanes of at least 4 members (excludes halogenated alkanes) is 42. The fourth-order valence-electron chi connectivity index (χ4n) is 8.09. The van der Waals surface area contributed by atoms with E-state index in [1.807, 2.05) is 0 Å². The predicted molar refractivity (Wildman–Crippen MR) is 229 cm³/mol. The van der Waals surface area contributed by atoms with E-state index in [1.165, 1.54) is 270 Å². The number of hydrogen-bond donors (Lipinski definition) is 0. The van der Waals surface area contributed by atoms with Crippen LogP contribution in [0.25, 0.3) is 0 Å². The van der Waals surface area contributed by atoms with Gasteiger partial charge in [0.2, 0.25) is 0 Å². The molecule has 0 bridgehead atoms. The molecule has 0 fully saturated rings. The highest BCUT2D eigenvalue weighted by Crippen LogP contribution is 2.19. The number of hydrogen-bond acceptors (Lipinski definition) is 0. The van der Waals surface area contributed by atoms with Gasteiger partial charge in [0.15, 0.2) is 0 Å². The molecule has 0 radical (unpaired) electrons. The van der Waals surface area contributed by atoms with E-state index in [0.717, 1.165) is 25.7 Å². The molecule has 1 atom stereocenters. The van der Waals surface area contributed by atoms with Crippen molar-refractivity contribution in [3.8, 4) is 0 Å². The highest BCUT2D eigenvalue weighted by atomic mass is 19.1. The van der Waals surface area contributed by atoms with Gasteiger partial charge < -0.3 is 0 Å². The van der Waals surface area contributed by atoms with E-state index >= 15 is 0 Å². The van der Waals surface area contributed by atoms with Crippen molar-refractivity contribution in [3.63, 3.8) is 0 Å². The zero-order chi connectivity index (χ0) is 36.1. The summed E-state index contributed by atoms with van der Waals surface area (Å²) in [5.74, 6) is 0. The molecule has 0 aliphatic rings. The van der Waals surface area contributed by atoms with Crippen LogP contribution in [-0.4, -0.2) is 6.17 Å². The topological polar surface area (TPSA) is 0 Å². The summed E-state index contributed by atoms with van der Waals surface area (Å²) in [6, 6.07) is 0. The van der Waals surface area contributed by atoms with Gasteiger partial charge in [0.25, 0.3) is 0 Å². The Kier molecular flexibility index (Phi) is 46.9. The van der Waals surface area contributed by atoms with Gasteiger partial charge in [-0.05, 0) is 12.8 Å². The molecule has 0 aliphatic carbocycles. The normalized spacial score (nSPS) is 12.3. The zero-order valence-corrected chi connectivity index (χ0v) is 35.5. The van der Waals surface area contributed by atoms with Crippen molar-refractivity contribution < 1.29 is 4.39 Å². The molecule has 0 aromatic carbocycles. The minimum atomic E-state index is -0.537. The smallest absolute Gasteiger partial charge is 0.100 e. The average molecular weight is 707 g/mol. The molecule has 0 saturated heterocycles. The Morgan fingerprint density at radius 2 is 0.320 bits per heavy atom. The van der Waals surface area contributed by atoms with Crippen LogP contribution in [0.2, 0.25) is 0 Å². The van der Waals surface area contributed by atoms with Gasteiger partial charge in [-0.25, -0.2) is 4.39 Å². The Hall–Kier alpha value is -0.0700. The summed E-state index contributed by atoms with van der Waals surface area (Å²) in [7, 11) is 0. The van der Waals surface area contributed by atoms with Gasteiger partial charge in [0, 0.05) is 0 Å². The monoisotopic (exact) mass is 707 g/mol. The van der Waals surface area contributed by atoms with Crippen LogP contribution in [0.15, 0.2) is 0 Å². The van der Waals surface area contributed by atoms with Gasteiger partial charge in [-0.15, -0.1) is 0 Å². The molecular weight excluding hydrogens is 608 g/mol. The molecule has 0 nitrogen and oxygen atoms in total. The lowest BCUT2D eigenvalue weighted by molar-refractivity contribution is 0.279. The molecule has 0 spiro atoms. The van der Waals surface area contributed by atoms with E-state index in [4.69, 9.17) is 0 Å². The van der Waals surface area contributed by atoms with Crippen LogP contribution in [0.4, 0.5) is 4.39 Å². The van der Waals surface area contributed by atoms with Gasteiger partial charge in [0.05, 0.1) is 0 Å². The van der Waals surface area contributed by atoms with Crippen LogP contribution in [0.3, 0.4) is 0 Å². The second-order valence-electron chi connectivity index (χ2n) is 17.0. The van der Waals surface area contributed by atoms with E-state index in [2.05, 4.69) is 13.8 Å². The van der Waals surface area contributed by atoms with E-state index in [-0.39, 0.29) is 0 Å². The molecule has 0 aromatic rings. The van der Waals surface area contributed by atoms with Crippen molar-refractivity contribution >= 4 is 0 Å². The third kappa shape index (κ3) is 46.0. The summed E-state index contributed by atoms with van der Waals surface area (Å²) in [5, 5.41) is 0. The molecule has 0 amide bonds. The van der Waals surface area contributed by atoms with Gasteiger partial charge in [0.1, 0.15) is 6.17 Å². The lowest BCUT2D eigenvalue weighted by Crippen LogP contribution is -2.00. The first kappa shape index (κ1) is 49.9. The third-order valence-electron chi connectivity index (χ3n) is 11.7. The van der Waals surface area contributed by atoms with Gasteiger partial charge >= 0.3 is 0 Å². The molecule has 0 heterocycles. The molecule has 0 rings (SSSR count). The minimum absolute atomic E-state index is 0.537. The second-order valence-corrected chi connectivity index (χ2v) is 17.0. The van der Waals surface area contributed by atoms with E-state index in [9.17, 15) is 4.39 Å². The largest absolute Gasteiger partial charge is 0.247 e. The van der Waals surface area contributed by atoms with Crippen LogP contribution in [0, 0.1) is 0 Å². The number of alkyl halides is 1. The molecule has 1 unspecified atom stereocenters. The fourth-order valence-corrected chi connectivity index (χ4v) is 8.09. The first-order chi connectivity index (χ1) is 24.8. The summed E-state index contributed by atoms with van der Waals surface area (Å²) in [5.41, 5.74) is 0. The lowest BCUT2D eigenvalue weighted by atomic mass is 10.0. The summed E-state index contributed by atoms with van der Waals surface area (Å²) in [6.07, 6.45) is 63.4. The first-order valence-corrected chi connectivity index (χ1v) is 24.4. The lowest BCUT2D eigenvalue weighted by Gasteiger charge is -2.08. The highest BCUT2D eigenvalue weighted by Gasteiger charge is 2.06. The van der Waals surface area contributed by atoms with E-state index < -0.39 is 6.17 Å². The Morgan fingerprint density at radius 3 is 0.460 bits per heavy atom. The Labute approximate surface area is 318 Å². The van der Waals surface area contributed by atoms with E-state index in [0.29, 0.717) is 0 Å². The standard InChI is InChI=1S/C49H99F/c1-3-5-7-9-11-13-15-17-19-21-23-25-26-28-30-32-34-36-38-40-42-44-46-48-49(50)47-45-43-41-39-37-35-33-31-29-27-24-22-20-18-16-14-12-10-8-6-4-2/h49H,3-48H2,1-2H3. The van der Waals surface area contributed by atoms with Crippen LogP contribution >= 0.6 is 0 Å². The zero-order valence-electron chi connectivity index (χ0n) is 35.5. The first-order valence-electron chi connectivity index (χ1n) is 24.4. The molecular formula is C49H99F. The summed E-state index contributed by atoms with van der Waals surface area (Å²) >= 11 is 0. The number of halogens is 1. The van der Waals surface area contributed by atoms with Crippen LogP contribution in [0.1, 0.15) is 309 Å². The maximum Gasteiger partial charge on any atom is 0.100 e. The van der Waals surface area contributed by atoms with Crippen molar-refractivity contribution in [2.45, 2.75) is 315 Å². The van der Waals surface area contributed by atoms with Gasteiger partial charge in [-0.3, -0.25) is 0 Å². The Bertz CT molecular complexity index is 557. The van der Waals surface area contributed by atoms with E-state index in [1.54, 1.807) is 0 Å². The van der Waals surface area contributed by atoms with Crippen LogP contribution in [-0.2, 0) is 0 Å². The van der Waals surface area contributed by atoms with Gasteiger partial charge in [-0.1, -0.05) is 296 Å². The maximum absolute atomic E-state index is 14.3. The molecule has 302 valence electrons. The average Bonchev–Trinajstić information content (AvgIpc) is 3.12. The van der Waals surface area contributed by atoms with Gasteiger partial charge in [-0.2, -0.15) is 0 Å². The number of rotatable bonds is 46. The summed E-state index contributed by atoms with van der Waals surface area (Å²) in [6.45, 7) is 4.61. The molecule has 0 N–H and O–H groups in total. The highest BCUT2D eigenvalue weighted by molar-refractivity contribution is 4.59. The Morgan fingerprint density at radius 1 is 0.200 bits per heavy atom. The fraction of sp³-hybridized carbons (Fsp3) is 1.00. The van der Waals surface area contributed by atoms with Crippen molar-refractivity contribution in [1.29, 1.82) is 0 Å². The minimum Gasteiger partial charge on any atom is -0.247 e. The molecule has 1 heteroatoms. The van der Waals surface area contributed by atoms with Crippen molar-refractivity contribution in [1.82, 2.24) is 0 Å². The molecule has 0 aromatic heterocycles. The molecule has 0 aliphatic heterocycles. The Balaban J connectivity index is 3.14. The van der Waals surface area contributed by atoms with Crippen molar-refractivity contribution in [2.24, 2.45) is 0 Å². The second kappa shape index (κ2) is 47.0.